The number of aromatic nitrogens is 4. The molecule has 2 aliphatic heterocycles. The molecule has 1 aromatic heterocycles. The third kappa shape index (κ3) is 3.70. The first-order chi connectivity index (χ1) is 12.3. The summed E-state index contributed by atoms with van der Waals surface area (Å²) in [6.07, 6.45) is -3.20. The smallest absolute Gasteiger partial charge is 0.295 e. The van der Waals surface area contributed by atoms with Gasteiger partial charge in [0.2, 0.25) is 0 Å². The van der Waals surface area contributed by atoms with Gasteiger partial charge in [-0.2, -0.15) is 17.9 Å². The lowest BCUT2D eigenvalue weighted by Crippen LogP contribution is -2.48. The van der Waals surface area contributed by atoms with Crippen molar-refractivity contribution in [2.75, 3.05) is 13.1 Å². The van der Waals surface area contributed by atoms with E-state index >= 15 is 0 Å². The Hall–Kier alpha value is -2.00. The Balaban J connectivity index is 0.00000210. The number of halogens is 3. The molecule has 4 rings (SSSR count). The van der Waals surface area contributed by atoms with Crippen molar-refractivity contribution in [3.63, 3.8) is 0 Å². The summed E-state index contributed by atoms with van der Waals surface area (Å²) >= 11 is 0. The molecule has 0 saturated carbocycles. The van der Waals surface area contributed by atoms with Gasteiger partial charge in [0.1, 0.15) is 0 Å². The molecule has 2 fully saturated rings. The maximum absolute atomic E-state index is 12.7. The van der Waals surface area contributed by atoms with Gasteiger partial charge >= 0.3 is 6.18 Å². The predicted molar refractivity (Wildman–Crippen MR) is 95.3 cm³/mol. The molecule has 1 aromatic carbocycles. The van der Waals surface area contributed by atoms with Crippen molar-refractivity contribution in [3.8, 4) is 5.69 Å². The van der Waals surface area contributed by atoms with Crippen molar-refractivity contribution >= 4 is 0 Å². The number of hydrogen-bond donors (Lipinski definition) is 0. The van der Waals surface area contributed by atoms with E-state index in [1.807, 2.05) is 0 Å². The molecular formula is C18H25F3N6. The molecule has 2 saturated heterocycles. The van der Waals surface area contributed by atoms with Gasteiger partial charge in [0, 0.05) is 31.2 Å². The minimum atomic E-state index is -4.35. The molecule has 0 aliphatic carbocycles. The summed E-state index contributed by atoms with van der Waals surface area (Å²) in [7, 11) is 0. The molecule has 0 N–H and O–H groups in total. The molecule has 2 aromatic rings. The molecule has 0 spiro atoms. The van der Waals surface area contributed by atoms with Crippen LogP contribution in [-0.4, -0.2) is 61.2 Å². The molecule has 6 nitrogen and oxygen atoms in total. The van der Waals surface area contributed by atoms with Gasteiger partial charge in [-0.25, -0.2) is 0 Å². The zero-order valence-electron chi connectivity index (χ0n) is 14.7. The second-order valence-electron chi connectivity index (χ2n) is 7.31. The van der Waals surface area contributed by atoms with Crippen LogP contribution in [0.2, 0.25) is 0 Å². The van der Waals surface area contributed by atoms with E-state index < -0.39 is 11.7 Å². The van der Waals surface area contributed by atoms with Crippen LogP contribution in [0.25, 0.3) is 5.69 Å². The number of nitrogens with zero attached hydrogens (tertiary/aromatic N) is 6. The maximum Gasteiger partial charge on any atom is 0.416 e. The van der Waals surface area contributed by atoms with Crippen LogP contribution in [0, 0.1) is 0 Å². The Morgan fingerprint density at radius 3 is 2.37 bits per heavy atom. The third-order valence-corrected chi connectivity index (χ3v) is 5.38. The summed E-state index contributed by atoms with van der Waals surface area (Å²) in [6.45, 7) is 7.06. The van der Waals surface area contributed by atoms with E-state index in [9.17, 15) is 13.2 Å². The van der Waals surface area contributed by atoms with Crippen molar-refractivity contribution < 1.29 is 13.2 Å². The number of likely N-dealkylation sites (tertiary alicyclic amines) is 2. The van der Waals surface area contributed by atoms with Gasteiger partial charge in [-0.3, -0.25) is 9.80 Å². The van der Waals surface area contributed by atoms with Crippen molar-refractivity contribution in [2.45, 2.75) is 58.5 Å². The summed E-state index contributed by atoms with van der Waals surface area (Å²) in [5, 5.41) is 11.8. The monoisotopic (exact) mass is 382 g/mol. The number of hydrogen-bond acceptors (Lipinski definition) is 5. The second kappa shape index (κ2) is 7.20. The molecule has 2 aliphatic rings. The summed E-state index contributed by atoms with van der Waals surface area (Å²) in [4.78, 5) is 4.90. The van der Waals surface area contributed by atoms with Crippen LogP contribution in [0.5, 0.6) is 0 Å². The molecule has 0 amide bonds. The molecule has 2 atom stereocenters. The lowest BCUT2D eigenvalue weighted by Gasteiger charge is -2.36. The number of benzene rings is 1. The first kappa shape index (κ1) is 19.8. The normalized spacial score (nSPS) is 23.2. The minimum absolute atomic E-state index is 0. The largest absolute Gasteiger partial charge is 0.416 e. The lowest BCUT2D eigenvalue weighted by atomic mass is 10.2. The van der Waals surface area contributed by atoms with Gasteiger partial charge in [0.25, 0.3) is 0 Å². The SMILES string of the molecule is C.CC(C)N1CC2C[C@H]1CN2Cc1nnnn1-c1ccc(C(F)(F)F)cc1. The van der Waals surface area contributed by atoms with Crippen LogP contribution in [-0.2, 0) is 12.7 Å². The quantitative estimate of drug-likeness (QED) is 0.814. The second-order valence-corrected chi connectivity index (χ2v) is 7.31. The number of piperazine rings is 1. The molecule has 1 unspecified atom stereocenters. The fourth-order valence-corrected chi connectivity index (χ4v) is 4.08. The van der Waals surface area contributed by atoms with Crippen LogP contribution >= 0.6 is 0 Å². The van der Waals surface area contributed by atoms with Gasteiger partial charge in [-0.1, -0.05) is 7.43 Å². The Morgan fingerprint density at radius 2 is 1.81 bits per heavy atom. The van der Waals surface area contributed by atoms with Gasteiger partial charge in [0.05, 0.1) is 17.8 Å². The average molecular weight is 382 g/mol. The van der Waals surface area contributed by atoms with E-state index in [4.69, 9.17) is 0 Å². The molecular weight excluding hydrogens is 357 g/mol. The fraction of sp³-hybridized carbons (Fsp3) is 0.611. The highest BCUT2D eigenvalue weighted by Gasteiger charge is 2.44. The summed E-state index contributed by atoms with van der Waals surface area (Å²) < 4.78 is 39.7. The molecule has 148 valence electrons. The summed E-state index contributed by atoms with van der Waals surface area (Å²) in [5.74, 6) is 0.647. The average Bonchev–Trinajstić information content (AvgIpc) is 3.29. The van der Waals surface area contributed by atoms with E-state index in [1.165, 1.54) is 16.8 Å². The molecule has 2 bridgehead atoms. The van der Waals surface area contributed by atoms with Crippen LogP contribution in [0.3, 0.4) is 0 Å². The van der Waals surface area contributed by atoms with Gasteiger partial charge in [0.15, 0.2) is 5.82 Å². The highest BCUT2D eigenvalue weighted by molar-refractivity contribution is 5.35. The van der Waals surface area contributed by atoms with E-state index in [2.05, 4.69) is 39.2 Å². The Bertz CT molecular complexity index is 770. The van der Waals surface area contributed by atoms with E-state index in [0.717, 1.165) is 31.6 Å². The fourth-order valence-electron chi connectivity index (χ4n) is 4.08. The number of tetrazole rings is 1. The first-order valence-corrected chi connectivity index (χ1v) is 8.77. The van der Waals surface area contributed by atoms with E-state index in [0.29, 0.717) is 36.2 Å². The highest BCUT2D eigenvalue weighted by Crippen LogP contribution is 2.33. The Morgan fingerprint density at radius 1 is 1.11 bits per heavy atom. The first-order valence-electron chi connectivity index (χ1n) is 8.77. The molecule has 3 heterocycles. The van der Waals surface area contributed by atoms with Crippen molar-refractivity contribution in [2.24, 2.45) is 0 Å². The van der Waals surface area contributed by atoms with E-state index in [1.54, 1.807) is 0 Å². The van der Waals surface area contributed by atoms with Gasteiger partial charge in [-0.15, -0.1) is 5.10 Å². The zero-order chi connectivity index (χ0) is 18.5. The lowest BCUT2D eigenvalue weighted by molar-refractivity contribution is -0.137. The Labute approximate surface area is 156 Å². The summed E-state index contributed by atoms with van der Waals surface area (Å²) in [6, 6.07) is 6.51. The topological polar surface area (TPSA) is 50.1 Å². The van der Waals surface area contributed by atoms with Crippen LogP contribution in [0.15, 0.2) is 24.3 Å². The molecule has 9 heteroatoms. The number of alkyl halides is 3. The van der Waals surface area contributed by atoms with Crippen molar-refractivity contribution in [1.29, 1.82) is 0 Å². The standard InChI is InChI=1S/C17H21F3N6.CH4/c1-11(2)25-9-14-7-15(25)8-24(14)10-16-21-22-23-26(16)13-5-3-12(4-6-13)17(18,19)20;/h3-6,11,14-15H,7-10H2,1-2H3;1H4/t14?,15-;/m0./s1. The molecule has 0 radical (unpaired) electrons. The van der Waals surface area contributed by atoms with Crippen LogP contribution in [0.1, 0.15) is 39.1 Å². The van der Waals surface area contributed by atoms with Gasteiger partial charge in [-0.05, 0) is 55.0 Å². The van der Waals surface area contributed by atoms with Crippen LogP contribution < -0.4 is 0 Å². The Kier molecular flexibility index (Phi) is 5.27. The summed E-state index contributed by atoms with van der Waals surface area (Å²) in [5.41, 5.74) is -0.146. The zero-order valence-corrected chi connectivity index (χ0v) is 14.7. The minimum Gasteiger partial charge on any atom is -0.295 e. The van der Waals surface area contributed by atoms with Crippen molar-refractivity contribution in [3.05, 3.63) is 35.7 Å². The number of rotatable bonds is 4. The highest BCUT2D eigenvalue weighted by atomic mass is 19.4. The molecule has 27 heavy (non-hydrogen) atoms. The number of fused-ring (bicyclic) bond motifs is 2. The van der Waals surface area contributed by atoms with Gasteiger partial charge < -0.3 is 0 Å². The predicted octanol–water partition coefficient (Wildman–Crippen LogP) is 2.98. The third-order valence-electron chi connectivity index (χ3n) is 5.38. The van der Waals surface area contributed by atoms with Crippen LogP contribution in [0.4, 0.5) is 13.2 Å². The van der Waals surface area contributed by atoms with E-state index in [-0.39, 0.29) is 7.43 Å². The maximum atomic E-state index is 12.7. The van der Waals surface area contributed by atoms with Crippen molar-refractivity contribution in [1.82, 2.24) is 30.0 Å².